The number of benzene rings is 2. The van der Waals surface area contributed by atoms with Crippen molar-refractivity contribution < 1.29 is 15.0 Å². The zero-order valence-corrected chi connectivity index (χ0v) is 19.7. The van der Waals surface area contributed by atoms with Crippen molar-refractivity contribution in [3.05, 3.63) is 71.8 Å². The number of carbonyl (C=O) groups excluding carboxylic acids is 1. The zero-order chi connectivity index (χ0) is 23.3. The van der Waals surface area contributed by atoms with E-state index < -0.39 is 11.7 Å². The number of fused-ring (bicyclic) bond motifs is 1. The van der Waals surface area contributed by atoms with Gasteiger partial charge in [0.25, 0.3) is 0 Å². The molecule has 33 heavy (non-hydrogen) atoms. The average Bonchev–Trinajstić information content (AvgIpc) is 2.84. The van der Waals surface area contributed by atoms with E-state index in [1.54, 1.807) is 0 Å². The largest absolute Gasteiger partial charge is 0.389 e. The highest BCUT2D eigenvalue weighted by molar-refractivity contribution is 5.83. The van der Waals surface area contributed by atoms with Gasteiger partial charge in [-0.1, -0.05) is 73.5 Å². The lowest BCUT2D eigenvalue weighted by Gasteiger charge is -2.51. The van der Waals surface area contributed by atoms with Crippen LogP contribution in [0.2, 0.25) is 0 Å². The summed E-state index contributed by atoms with van der Waals surface area (Å²) in [5, 5.41) is 25.5. The molecule has 2 aromatic carbocycles. The molecule has 1 saturated carbocycles. The number of ketones is 1. The van der Waals surface area contributed by atoms with Crippen molar-refractivity contribution in [3.8, 4) is 0 Å². The average molecular weight is 451 g/mol. The van der Waals surface area contributed by atoms with Crippen LogP contribution in [0.25, 0.3) is 0 Å². The van der Waals surface area contributed by atoms with Gasteiger partial charge < -0.3 is 15.5 Å². The molecule has 1 saturated heterocycles. The first-order chi connectivity index (χ1) is 16.0. The first kappa shape index (κ1) is 24.1. The van der Waals surface area contributed by atoms with Gasteiger partial charge >= 0.3 is 0 Å². The Balaban J connectivity index is 1.37. The number of likely N-dealkylation sites (tertiary alicyclic amines) is 1. The number of carbonyl (C=O) groups is 1. The van der Waals surface area contributed by atoms with E-state index in [2.05, 4.69) is 34.5 Å². The summed E-state index contributed by atoms with van der Waals surface area (Å²) < 4.78 is 0. The molecule has 3 N–H and O–H groups in total. The van der Waals surface area contributed by atoms with Gasteiger partial charge in [0.2, 0.25) is 0 Å². The van der Waals surface area contributed by atoms with Crippen LogP contribution in [-0.2, 0) is 11.3 Å². The molecule has 1 heterocycles. The van der Waals surface area contributed by atoms with E-state index in [-0.39, 0.29) is 23.7 Å². The van der Waals surface area contributed by atoms with E-state index in [1.807, 2.05) is 43.3 Å². The molecule has 1 aliphatic carbocycles. The minimum atomic E-state index is -0.877. The molecule has 0 amide bonds. The van der Waals surface area contributed by atoms with Crippen LogP contribution in [-0.4, -0.2) is 52.2 Å². The number of aliphatic hydroxyl groups excluding tert-OH is 1. The maximum absolute atomic E-state index is 13.4. The van der Waals surface area contributed by atoms with E-state index >= 15 is 0 Å². The molecule has 2 aliphatic rings. The lowest BCUT2D eigenvalue weighted by molar-refractivity contribution is -0.160. The summed E-state index contributed by atoms with van der Waals surface area (Å²) in [5.74, 6) is -0.0584. The smallest absolute Gasteiger partial charge is 0.141 e. The van der Waals surface area contributed by atoms with Gasteiger partial charge in [0.1, 0.15) is 5.78 Å². The van der Waals surface area contributed by atoms with Gasteiger partial charge in [-0.15, -0.1) is 0 Å². The second-order valence-corrected chi connectivity index (χ2v) is 9.98. The van der Waals surface area contributed by atoms with Crippen molar-refractivity contribution in [2.45, 2.75) is 63.3 Å². The summed E-state index contributed by atoms with van der Waals surface area (Å²) in [6, 6.07) is 19.8. The number of nitrogens with zero attached hydrogens (tertiary/aromatic N) is 1. The Kier molecular flexibility index (Phi) is 7.97. The first-order valence-corrected chi connectivity index (χ1v) is 12.4. The fourth-order valence-corrected chi connectivity index (χ4v) is 5.76. The predicted molar refractivity (Wildman–Crippen MR) is 131 cm³/mol. The highest BCUT2D eigenvalue weighted by Gasteiger charge is 2.51. The maximum Gasteiger partial charge on any atom is 0.141 e. The van der Waals surface area contributed by atoms with Gasteiger partial charge in [-0.2, -0.15) is 0 Å². The van der Waals surface area contributed by atoms with Gasteiger partial charge in [0.05, 0.1) is 17.6 Å². The van der Waals surface area contributed by atoms with Crippen LogP contribution in [0.15, 0.2) is 60.7 Å². The molecule has 1 aliphatic heterocycles. The van der Waals surface area contributed by atoms with Crippen LogP contribution in [0.3, 0.4) is 0 Å². The Labute approximate surface area is 197 Å². The van der Waals surface area contributed by atoms with Crippen LogP contribution in [0.4, 0.5) is 0 Å². The molecule has 0 aromatic heterocycles. The minimum Gasteiger partial charge on any atom is -0.389 e. The van der Waals surface area contributed by atoms with Gasteiger partial charge in [0, 0.05) is 44.6 Å². The van der Waals surface area contributed by atoms with Crippen molar-refractivity contribution >= 4 is 5.78 Å². The van der Waals surface area contributed by atoms with Crippen molar-refractivity contribution in [2.24, 2.45) is 11.8 Å². The van der Waals surface area contributed by atoms with Gasteiger partial charge in [-0.25, -0.2) is 0 Å². The van der Waals surface area contributed by atoms with Gasteiger partial charge in [-0.3, -0.25) is 9.69 Å². The monoisotopic (exact) mass is 450 g/mol. The molecule has 5 unspecified atom stereocenters. The molecule has 2 aromatic rings. The minimum absolute atomic E-state index is 0.135. The summed E-state index contributed by atoms with van der Waals surface area (Å²) in [4.78, 5) is 15.7. The molecule has 178 valence electrons. The lowest BCUT2D eigenvalue weighted by Crippen LogP contribution is -2.61. The number of rotatable bonds is 9. The predicted octanol–water partition coefficient (Wildman–Crippen LogP) is 3.71. The molecular weight excluding hydrogens is 412 g/mol. The summed E-state index contributed by atoms with van der Waals surface area (Å²) in [7, 11) is 0. The molecule has 5 atom stereocenters. The normalized spacial score (nSPS) is 27.5. The number of Topliss-reactive ketones (excluding diaryl/α,β-unsaturated/α-hetero) is 1. The zero-order valence-electron chi connectivity index (χ0n) is 19.7. The van der Waals surface area contributed by atoms with E-state index in [0.29, 0.717) is 19.5 Å². The number of hydrogen-bond acceptors (Lipinski definition) is 5. The van der Waals surface area contributed by atoms with Crippen LogP contribution in [0, 0.1) is 11.8 Å². The van der Waals surface area contributed by atoms with Crippen LogP contribution in [0.5, 0.6) is 0 Å². The van der Waals surface area contributed by atoms with E-state index in [9.17, 15) is 15.0 Å². The van der Waals surface area contributed by atoms with Crippen LogP contribution in [0.1, 0.15) is 56.3 Å². The molecule has 5 nitrogen and oxygen atoms in total. The van der Waals surface area contributed by atoms with Gasteiger partial charge in [0.15, 0.2) is 0 Å². The second-order valence-electron chi connectivity index (χ2n) is 9.98. The van der Waals surface area contributed by atoms with E-state index in [1.165, 1.54) is 5.56 Å². The lowest BCUT2D eigenvalue weighted by atomic mass is 9.64. The van der Waals surface area contributed by atoms with Crippen LogP contribution >= 0.6 is 0 Å². The third kappa shape index (κ3) is 5.72. The molecule has 2 fully saturated rings. The van der Waals surface area contributed by atoms with Crippen LogP contribution < -0.4 is 5.32 Å². The molecule has 0 spiro atoms. The maximum atomic E-state index is 13.4. The second kappa shape index (κ2) is 10.9. The quantitative estimate of drug-likeness (QED) is 0.543. The summed E-state index contributed by atoms with van der Waals surface area (Å²) >= 11 is 0. The van der Waals surface area contributed by atoms with Crippen molar-refractivity contribution in [2.75, 3.05) is 19.6 Å². The Morgan fingerprint density at radius 3 is 2.52 bits per heavy atom. The molecular formula is C28H38N2O3. The van der Waals surface area contributed by atoms with E-state index in [4.69, 9.17) is 0 Å². The molecule has 5 heteroatoms. The topological polar surface area (TPSA) is 72.8 Å². The summed E-state index contributed by atoms with van der Waals surface area (Å²) in [6.45, 7) is 4.72. The number of nitrogens with one attached hydrogen (secondary N) is 1. The third-order valence-corrected chi connectivity index (χ3v) is 7.70. The van der Waals surface area contributed by atoms with Crippen molar-refractivity contribution in [1.29, 1.82) is 0 Å². The number of aliphatic hydroxyl groups is 2. The van der Waals surface area contributed by atoms with E-state index in [0.717, 1.165) is 44.3 Å². The highest BCUT2D eigenvalue weighted by atomic mass is 16.3. The fraction of sp³-hybridized carbons (Fsp3) is 0.536. The Morgan fingerprint density at radius 2 is 1.79 bits per heavy atom. The molecule has 0 bridgehead atoms. The summed E-state index contributed by atoms with van der Waals surface area (Å²) in [6.07, 6.45) is 3.58. The van der Waals surface area contributed by atoms with Gasteiger partial charge in [-0.05, 0) is 30.9 Å². The first-order valence-electron chi connectivity index (χ1n) is 12.4. The molecule has 0 radical (unpaired) electrons. The Hall–Kier alpha value is -2.05. The molecule has 4 rings (SSSR count). The number of piperidine rings is 1. The number of hydrogen-bond donors (Lipinski definition) is 3. The highest BCUT2D eigenvalue weighted by Crippen LogP contribution is 2.44. The van der Waals surface area contributed by atoms with Crippen molar-refractivity contribution in [3.63, 3.8) is 0 Å². The van der Waals surface area contributed by atoms with Crippen molar-refractivity contribution in [1.82, 2.24) is 10.2 Å². The third-order valence-electron chi connectivity index (χ3n) is 7.70. The fourth-order valence-electron chi connectivity index (χ4n) is 5.76. The SMILES string of the molecule is CC(NCCC(=O)C1CN(Cc2ccccc2)CC2CCCCC21O)C(O)c1ccccc1. The Bertz CT molecular complexity index is 891. The summed E-state index contributed by atoms with van der Waals surface area (Å²) in [5.41, 5.74) is 1.24. The Morgan fingerprint density at radius 1 is 1.09 bits per heavy atom. The standard InChI is InChI=1S/C28H38N2O3/c1-21(27(32)23-12-6-3-7-13-23)29-17-15-26(31)25-20-30(18-22-10-4-2-5-11-22)19-24-14-8-9-16-28(24,25)33/h2-7,10-13,21,24-25,27,29,32-33H,8-9,14-20H2,1H3.